The number of ether oxygens (including phenoxy) is 1. The number of carbonyl (C=O) groups excluding carboxylic acids is 1. The number of nitrogens with one attached hydrogen (secondary N) is 1. The van der Waals surface area contributed by atoms with E-state index in [2.05, 4.69) is 5.32 Å². The summed E-state index contributed by atoms with van der Waals surface area (Å²) in [4.78, 5) is 12.4. The van der Waals surface area contributed by atoms with Crippen molar-refractivity contribution in [3.8, 4) is 5.75 Å². The SMILES string of the molecule is CCOc1ccc(S(=O)(=O)N(CC)CC(=O)NCc2ccc(C)cc2)cc1. The summed E-state index contributed by atoms with van der Waals surface area (Å²) in [5.41, 5.74) is 2.11. The number of sulfonamides is 1. The predicted octanol–water partition coefficient (Wildman–Crippen LogP) is 2.72. The first-order chi connectivity index (χ1) is 12.9. The largest absolute Gasteiger partial charge is 0.494 e. The average Bonchev–Trinajstić information content (AvgIpc) is 2.66. The third-order valence-electron chi connectivity index (χ3n) is 4.06. The fraction of sp³-hybridized carbons (Fsp3) is 0.350. The molecule has 0 aliphatic rings. The Morgan fingerprint density at radius 1 is 1.04 bits per heavy atom. The van der Waals surface area contributed by atoms with Gasteiger partial charge in [0.15, 0.2) is 0 Å². The molecule has 0 aliphatic heterocycles. The Balaban J connectivity index is 2.01. The zero-order chi connectivity index (χ0) is 19.9. The smallest absolute Gasteiger partial charge is 0.243 e. The summed E-state index contributed by atoms with van der Waals surface area (Å²) in [5, 5.41) is 2.77. The van der Waals surface area contributed by atoms with Gasteiger partial charge >= 0.3 is 0 Å². The van der Waals surface area contributed by atoms with Crippen LogP contribution in [0.1, 0.15) is 25.0 Å². The van der Waals surface area contributed by atoms with Gasteiger partial charge in [0, 0.05) is 13.1 Å². The zero-order valence-electron chi connectivity index (χ0n) is 15.9. The maximum atomic E-state index is 12.8. The Hall–Kier alpha value is -2.38. The lowest BCUT2D eigenvalue weighted by molar-refractivity contribution is -0.121. The molecule has 0 bridgehead atoms. The molecule has 0 saturated heterocycles. The van der Waals surface area contributed by atoms with E-state index >= 15 is 0 Å². The van der Waals surface area contributed by atoms with E-state index in [1.54, 1.807) is 19.1 Å². The molecule has 7 heteroatoms. The van der Waals surface area contributed by atoms with E-state index in [-0.39, 0.29) is 23.9 Å². The van der Waals surface area contributed by atoms with Gasteiger partial charge in [-0.3, -0.25) is 4.79 Å². The van der Waals surface area contributed by atoms with Crippen LogP contribution < -0.4 is 10.1 Å². The summed E-state index contributed by atoms with van der Waals surface area (Å²) in [7, 11) is -3.75. The van der Waals surface area contributed by atoms with Gasteiger partial charge in [-0.15, -0.1) is 0 Å². The molecule has 2 aromatic carbocycles. The minimum absolute atomic E-state index is 0.138. The van der Waals surface area contributed by atoms with Crippen LogP contribution in [0.25, 0.3) is 0 Å². The van der Waals surface area contributed by atoms with Crippen molar-refractivity contribution >= 4 is 15.9 Å². The van der Waals surface area contributed by atoms with E-state index in [1.165, 1.54) is 12.1 Å². The van der Waals surface area contributed by atoms with Crippen LogP contribution >= 0.6 is 0 Å². The lowest BCUT2D eigenvalue weighted by atomic mass is 10.1. The third kappa shape index (κ3) is 5.80. The molecule has 0 spiro atoms. The van der Waals surface area contributed by atoms with E-state index < -0.39 is 10.0 Å². The van der Waals surface area contributed by atoms with Crippen LogP contribution in [-0.4, -0.2) is 38.3 Å². The lowest BCUT2D eigenvalue weighted by Crippen LogP contribution is -2.40. The van der Waals surface area contributed by atoms with Crippen LogP contribution in [0.15, 0.2) is 53.4 Å². The second-order valence-electron chi connectivity index (χ2n) is 6.10. The van der Waals surface area contributed by atoms with Crippen LogP contribution in [0.2, 0.25) is 0 Å². The summed E-state index contributed by atoms with van der Waals surface area (Å²) in [5.74, 6) is 0.266. The number of nitrogens with zero attached hydrogens (tertiary/aromatic N) is 1. The minimum atomic E-state index is -3.75. The van der Waals surface area contributed by atoms with Gasteiger partial charge in [-0.1, -0.05) is 36.8 Å². The molecule has 6 nitrogen and oxygen atoms in total. The van der Waals surface area contributed by atoms with Gasteiger partial charge in [0.05, 0.1) is 18.0 Å². The topological polar surface area (TPSA) is 75.7 Å². The highest BCUT2D eigenvalue weighted by Gasteiger charge is 2.25. The summed E-state index contributed by atoms with van der Waals surface area (Å²) in [6, 6.07) is 14.0. The molecule has 0 atom stereocenters. The average molecular weight is 391 g/mol. The van der Waals surface area contributed by atoms with Gasteiger partial charge in [0.1, 0.15) is 5.75 Å². The Labute approximate surface area is 161 Å². The zero-order valence-corrected chi connectivity index (χ0v) is 16.8. The number of hydrogen-bond donors (Lipinski definition) is 1. The molecule has 0 aliphatic carbocycles. The highest BCUT2D eigenvalue weighted by molar-refractivity contribution is 7.89. The first kappa shape index (κ1) is 20.9. The maximum absolute atomic E-state index is 12.8. The molecule has 0 aromatic heterocycles. The molecule has 0 heterocycles. The molecule has 146 valence electrons. The minimum Gasteiger partial charge on any atom is -0.494 e. The molecule has 0 fully saturated rings. The summed E-state index contributed by atoms with van der Waals surface area (Å²) >= 11 is 0. The van der Waals surface area contributed by atoms with Crippen LogP contribution in [0.5, 0.6) is 5.75 Å². The van der Waals surface area contributed by atoms with E-state index in [1.807, 2.05) is 38.1 Å². The molecular formula is C20H26N2O4S. The molecule has 1 amide bonds. The van der Waals surface area contributed by atoms with E-state index in [4.69, 9.17) is 4.74 Å². The lowest BCUT2D eigenvalue weighted by Gasteiger charge is -2.20. The number of benzene rings is 2. The fourth-order valence-electron chi connectivity index (χ4n) is 2.51. The first-order valence-electron chi connectivity index (χ1n) is 8.92. The Morgan fingerprint density at radius 3 is 2.22 bits per heavy atom. The van der Waals surface area contributed by atoms with Crippen LogP contribution in [-0.2, 0) is 21.4 Å². The Bertz CT molecular complexity index is 847. The molecule has 27 heavy (non-hydrogen) atoms. The quantitative estimate of drug-likeness (QED) is 0.714. The molecule has 0 radical (unpaired) electrons. The van der Waals surface area contributed by atoms with Crippen molar-refractivity contribution in [3.63, 3.8) is 0 Å². The molecule has 1 N–H and O–H groups in total. The second kappa shape index (κ2) is 9.53. The molecule has 2 rings (SSSR count). The summed E-state index contributed by atoms with van der Waals surface area (Å²) < 4.78 is 32.1. The molecule has 2 aromatic rings. The normalized spacial score (nSPS) is 11.4. The summed E-state index contributed by atoms with van der Waals surface area (Å²) in [6.45, 7) is 6.41. The van der Waals surface area contributed by atoms with Crippen LogP contribution in [0.3, 0.4) is 0 Å². The van der Waals surface area contributed by atoms with Crippen LogP contribution in [0, 0.1) is 6.92 Å². The maximum Gasteiger partial charge on any atom is 0.243 e. The van der Waals surface area contributed by atoms with Crippen LogP contribution in [0.4, 0.5) is 0 Å². The predicted molar refractivity (Wildman–Crippen MR) is 105 cm³/mol. The highest BCUT2D eigenvalue weighted by atomic mass is 32.2. The fourth-order valence-corrected chi connectivity index (χ4v) is 3.92. The van der Waals surface area contributed by atoms with Gasteiger partial charge in [-0.2, -0.15) is 4.31 Å². The number of aryl methyl sites for hydroxylation is 1. The van der Waals surface area contributed by atoms with Crippen molar-refractivity contribution in [2.24, 2.45) is 0 Å². The van der Waals surface area contributed by atoms with E-state index in [0.717, 1.165) is 15.4 Å². The number of hydrogen-bond acceptors (Lipinski definition) is 4. The van der Waals surface area contributed by atoms with Crippen molar-refractivity contribution in [1.29, 1.82) is 0 Å². The molecule has 0 unspecified atom stereocenters. The number of rotatable bonds is 9. The van der Waals surface area contributed by atoms with Crippen molar-refractivity contribution in [3.05, 3.63) is 59.7 Å². The number of likely N-dealkylation sites (N-methyl/N-ethyl adjacent to an activating group) is 1. The number of amides is 1. The standard InChI is InChI=1S/C20H26N2O4S/c1-4-22(15-20(23)21-14-17-8-6-16(3)7-9-17)27(24,25)19-12-10-18(11-13-19)26-5-2/h6-13H,4-5,14-15H2,1-3H3,(H,21,23). The second-order valence-corrected chi connectivity index (χ2v) is 8.04. The summed E-state index contributed by atoms with van der Waals surface area (Å²) in [6.07, 6.45) is 0. The molecule has 0 saturated carbocycles. The first-order valence-corrected chi connectivity index (χ1v) is 10.4. The van der Waals surface area contributed by atoms with Gasteiger partial charge < -0.3 is 10.1 Å². The number of carbonyl (C=O) groups is 1. The third-order valence-corrected chi connectivity index (χ3v) is 5.99. The molecular weight excluding hydrogens is 364 g/mol. The van der Waals surface area contributed by atoms with Gasteiger partial charge in [0.2, 0.25) is 15.9 Å². The van der Waals surface area contributed by atoms with Crippen molar-refractivity contribution < 1.29 is 17.9 Å². The Kier molecular flexibility index (Phi) is 7.38. The van der Waals surface area contributed by atoms with Crippen molar-refractivity contribution in [2.45, 2.75) is 32.2 Å². The van der Waals surface area contributed by atoms with Gasteiger partial charge in [-0.25, -0.2) is 8.42 Å². The monoisotopic (exact) mass is 390 g/mol. The highest BCUT2D eigenvalue weighted by Crippen LogP contribution is 2.19. The van der Waals surface area contributed by atoms with Gasteiger partial charge in [0.25, 0.3) is 0 Å². The van der Waals surface area contributed by atoms with Gasteiger partial charge in [-0.05, 0) is 43.7 Å². The van der Waals surface area contributed by atoms with E-state index in [9.17, 15) is 13.2 Å². The van der Waals surface area contributed by atoms with Crippen molar-refractivity contribution in [2.75, 3.05) is 19.7 Å². The van der Waals surface area contributed by atoms with E-state index in [0.29, 0.717) is 18.9 Å². The Morgan fingerprint density at radius 2 is 1.67 bits per heavy atom. The van der Waals surface area contributed by atoms with Crippen molar-refractivity contribution in [1.82, 2.24) is 9.62 Å².